The number of nitrogens with two attached hydrogens (primary N) is 1. The lowest BCUT2D eigenvalue weighted by molar-refractivity contribution is -0.161. The van der Waals surface area contributed by atoms with Gasteiger partial charge in [-0.1, -0.05) is 49.5 Å². The van der Waals surface area contributed by atoms with Crippen LogP contribution in [0.3, 0.4) is 0 Å². The summed E-state index contributed by atoms with van der Waals surface area (Å²) in [6, 6.07) is 10.6. The number of hydrogen-bond donors (Lipinski definition) is 1. The Morgan fingerprint density at radius 1 is 1.16 bits per heavy atom. The monoisotopic (exact) mass is 363 g/mol. The molecule has 4 aliphatic carbocycles. The molecule has 2 unspecified atom stereocenters. The second-order valence-corrected chi connectivity index (χ2v) is 9.30. The van der Waals surface area contributed by atoms with Gasteiger partial charge in [-0.25, -0.2) is 8.78 Å². The SMILES string of the molecule is CCC1(CC(F)F)C2CC3(C(N)=S)CC1CC(c1ccccc1)(C2)C3. The predicted octanol–water partition coefficient (Wildman–Crippen LogP) is 5.47. The van der Waals surface area contributed by atoms with Gasteiger partial charge in [0, 0.05) is 11.8 Å². The number of benzene rings is 1. The molecule has 0 radical (unpaired) electrons. The van der Waals surface area contributed by atoms with Gasteiger partial charge in [0.2, 0.25) is 6.43 Å². The molecule has 1 aromatic rings. The summed E-state index contributed by atoms with van der Waals surface area (Å²) < 4.78 is 27.0. The normalized spacial score (nSPS) is 42.1. The van der Waals surface area contributed by atoms with Crippen molar-refractivity contribution in [1.82, 2.24) is 0 Å². The zero-order valence-corrected chi connectivity index (χ0v) is 15.6. The minimum Gasteiger partial charge on any atom is -0.393 e. The Bertz CT molecular complexity index is 656. The van der Waals surface area contributed by atoms with Crippen LogP contribution in [0.1, 0.15) is 57.4 Å². The maximum atomic E-state index is 13.5. The maximum absolute atomic E-state index is 13.5. The Balaban J connectivity index is 1.80. The van der Waals surface area contributed by atoms with Crippen molar-refractivity contribution in [2.24, 2.45) is 28.4 Å². The third-order valence-electron chi connectivity index (χ3n) is 7.95. The molecule has 0 heterocycles. The van der Waals surface area contributed by atoms with Gasteiger partial charge >= 0.3 is 0 Å². The van der Waals surface area contributed by atoms with Crippen LogP contribution in [0.15, 0.2) is 30.3 Å². The van der Waals surface area contributed by atoms with Gasteiger partial charge in [-0.05, 0) is 66.8 Å². The molecule has 4 aliphatic rings. The van der Waals surface area contributed by atoms with E-state index in [2.05, 4.69) is 31.2 Å². The molecule has 4 fully saturated rings. The standard InChI is InChI=1S/C21H27F2NS/c1-2-21(12-17(22)23)15-8-19(14-6-4-3-5-7-14)9-16(21)11-20(10-15,13-19)18(24)25/h3-7,15-17H,2,8-13H2,1H3,(H2,24,25). The van der Waals surface area contributed by atoms with Crippen LogP contribution in [0.4, 0.5) is 8.78 Å². The summed E-state index contributed by atoms with van der Waals surface area (Å²) in [5, 5.41) is 0. The molecule has 0 aliphatic heterocycles. The van der Waals surface area contributed by atoms with Crippen LogP contribution in [-0.2, 0) is 5.41 Å². The molecular weight excluding hydrogens is 336 g/mol. The number of thiocarbonyl (C=S) groups is 1. The fourth-order valence-electron chi connectivity index (χ4n) is 7.04. The highest BCUT2D eigenvalue weighted by molar-refractivity contribution is 7.80. The zero-order valence-electron chi connectivity index (χ0n) is 14.8. The summed E-state index contributed by atoms with van der Waals surface area (Å²) in [6.07, 6.45) is 3.49. The molecule has 1 nitrogen and oxygen atoms in total. The fraction of sp³-hybridized carbons (Fsp3) is 0.667. The first-order chi connectivity index (χ1) is 11.9. The molecule has 0 saturated heterocycles. The van der Waals surface area contributed by atoms with Crippen molar-refractivity contribution in [3.8, 4) is 0 Å². The minimum atomic E-state index is -2.23. The van der Waals surface area contributed by atoms with Crippen LogP contribution in [0.2, 0.25) is 0 Å². The lowest BCUT2D eigenvalue weighted by Gasteiger charge is -2.69. The topological polar surface area (TPSA) is 26.0 Å². The van der Waals surface area contributed by atoms with E-state index in [0.717, 1.165) is 38.5 Å². The van der Waals surface area contributed by atoms with Crippen molar-refractivity contribution in [3.05, 3.63) is 35.9 Å². The van der Waals surface area contributed by atoms with Crippen LogP contribution in [-0.4, -0.2) is 11.4 Å². The van der Waals surface area contributed by atoms with Gasteiger partial charge in [0.05, 0.1) is 4.99 Å². The molecule has 0 aromatic heterocycles. The molecule has 2 atom stereocenters. The maximum Gasteiger partial charge on any atom is 0.239 e. The van der Waals surface area contributed by atoms with Gasteiger partial charge in [0.1, 0.15) is 0 Å². The van der Waals surface area contributed by atoms with Crippen LogP contribution >= 0.6 is 12.2 Å². The van der Waals surface area contributed by atoms with Gasteiger partial charge in [-0.3, -0.25) is 0 Å². The van der Waals surface area contributed by atoms with E-state index in [1.165, 1.54) is 5.56 Å². The van der Waals surface area contributed by atoms with E-state index in [-0.39, 0.29) is 22.7 Å². The van der Waals surface area contributed by atoms with Crippen LogP contribution < -0.4 is 5.73 Å². The Morgan fingerprint density at radius 3 is 2.24 bits per heavy atom. The number of halogens is 2. The van der Waals surface area contributed by atoms with Crippen molar-refractivity contribution in [2.75, 3.05) is 0 Å². The van der Waals surface area contributed by atoms with Gasteiger partial charge in [-0.2, -0.15) is 0 Å². The molecule has 4 bridgehead atoms. The van der Waals surface area contributed by atoms with Crippen LogP contribution in [0, 0.1) is 22.7 Å². The Morgan fingerprint density at radius 2 is 1.76 bits per heavy atom. The summed E-state index contributed by atoms with van der Waals surface area (Å²) in [5.41, 5.74) is 7.30. The molecule has 4 heteroatoms. The smallest absolute Gasteiger partial charge is 0.239 e. The summed E-state index contributed by atoms with van der Waals surface area (Å²) in [5.74, 6) is 0.601. The number of alkyl halides is 2. The van der Waals surface area contributed by atoms with E-state index in [4.69, 9.17) is 18.0 Å². The fourth-order valence-corrected chi connectivity index (χ4v) is 7.28. The van der Waals surface area contributed by atoms with E-state index in [1.807, 2.05) is 6.07 Å². The Kier molecular flexibility index (Phi) is 3.99. The molecule has 25 heavy (non-hydrogen) atoms. The van der Waals surface area contributed by atoms with Gasteiger partial charge in [-0.15, -0.1) is 0 Å². The quantitative estimate of drug-likeness (QED) is 0.702. The van der Waals surface area contributed by atoms with E-state index in [1.54, 1.807) is 0 Å². The van der Waals surface area contributed by atoms with E-state index < -0.39 is 6.43 Å². The second kappa shape index (κ2) is 5.73. The van der Waals surface area contributed by atoms with Gasteiger partial charge < -0.3 is 5.73 Å². The average Bonchev–Trinajstić information content (AvgIpc) is 2.58. The highest BCUT2D eigenvalue weighted by atomic mass is 32.1. The third-order valence-corrected chi connectivity index (χ3v) is 8.39. The average molecular weight is 364 g/mol. The van der Waals surface area contributed by atoms with Crippen molar-refractivity contribution in [1.29, 1.82) is 0 Å². The van der Waals surface area contributed by atoms with Crippen molar-refractivity contribution in [2.45, 2.75) is 63.7 Å². The van der Waals surface area contributed by atoms with E-state index in [0.29, 0.717) is 16.8 Å². The number of rotatable bonds is 5. The zero-order chi connectivity index (χ0) is 17.9. The summed E-state index contributed by atoms with van der Waals surface area (Å²) in [4.78, 5) is 0.615. The summed E-state index contributed by atoms with van der Waals surface area (Å²) in [6.45, 7) is 2.10. The molecule has 2 N–H and O–H groups in total. The highest BCUT2D eigenvalue weighted by Crippen LogP contribution is 2.73. The summed E-state index contributed by atoms with van der Waals surface area (Å²) >= 11 is 5.52. The van der Waals surface area contributed by atoms with Crippen LogP contribution in [0.5, 0.6) is 0 Å². The Labute approximate surface area is 154 Å². The first kappa shape index (κ1) is 17.4. The third kappa shape index (κ3) is 2.39. The largest absolute Gasteiger partial charge is 0.393 e. The van der Waals surface area contributed by atoms with Crippen LogP contribution in [0.25, 0.3) is 0 Å². The first-order valence-corrected chi connectivity index (χ1v) is 9.90. The lowest BCUT2D eigenvalue weighted by Crippen LogP contribution is -2.65. The Hall–Kier alpha value is -1.03. The highest BCUT2D eigenvalue weighted by Gasteiger charge is 2.67. The van der Waals surface area contributed by atoms with Crippen molar-refractivity contribution in [3.63, 3.8) is 0 Å². The molecular formula is C21H27F2NS. The minimum absolute atomic E-state index is 0.0388. The second-order valence-electron chi connectivity index (χ2n) is 8.86. The molecule has 5 rings (SSSR count). The lowest BCUT2D eigenvalue weighted by atomic mass is 9.35. The number of hydrogen-bond acceptors (Lipinski definition) is 1. The molecule has 1 aromatic carbocycles. The molecule has 0 spiro atoms. The molecule has 136 valence electrons. The predicted molar refractivity (Wildman–Crippen MR) is 101 cm³/mol. The van der Waals surface area contributed by atoms with E-state index in [9.17, 15) is 8.78 Å². The summed E-state index contributed by atoms with van der Waals surface area (Å²) in [7, 11) is 0. The van der Waals surface area contributed by atoms with Crippen molar-refractivity contribution >= 4 is 17.2 Å². The molecule has 0 amide bonds. The molecule has 4 saturated carbocycles. The van der Waals surface area contributed by atoms with Gasteiger partial charge in [0.15, 0.2) is 0 Å². The van der Waals surface area contributed by atoms with Gasteiger partial charge in [0.25, 0.3) is 0 Å². The van der Waals surface area contributed by atoms with Crippen molar-refractivity contribution < 1.29 is 8.78 Å². The van der Waals surface area contributed by atoms with E-state index >= 15 is 0 Å². The first-order valence-electron chi connectivity index (χ1n) is 9.49.